The number of nitrogens with zero attached hydrogens (tertiary/aromatic N) is 2. The zero-order valence-electron chi connectivity index (χ0n) is 17.2. The molecule has 4 N–H and O–H groups in total. The van der Waals surface area contributed by atoms with Crippen molar-refractivity contribution in [1.82, 2.24) is 9.80 Å². The number of sulfonamides is 2. The second-order valence-corrected chi connectivity index (χ2v) is 12.0. The zero-order chi connectivity index (χ0) is 23.3. The lowest BCUT2D eigenvalue weighted by Crippen LogP contribution is -2.40. The van der Waals surface area contributed by atoms with E-state index >= 15 is 0 Å². The second kappa shape index (κ2) is 8.84. The summed E-state index contributed by atoms with van der Waals surface area (Å²) < 4.78 is 47.1. The molecule has 0 bridgehead atoms. The van der Waals surface area contributed by atoms with Crippen molar-refractivity contribution in [2.24, 2.45) is 10.3 Å². The number of benzene rings is 2. The fourth-order valence-corrected chi connectivity index (χ4v) is 6.75. The van der Waals surface area contributed by atoms with E-state index in [4.69, 9.17) is 33.5 Å². The third-order valence-electron chi connectivity index (χ3n) is 6.11. The van der Waals surface area contributed by atoms with Gasteiger partial charge in [0.05, 0.1) is 10.0 Å². The normalized spacial score (nSPS) is 17.8. The lowest BCUT2D eigenvalue weighted by molar-refractivity contribution is 0.183. The number of rotatable bonds is 5. The molecule has 0 atom stereocenters. The largest absolute Gasteiger partial charge is 0.297 e. The van der Waals surface area contributed by atoms with Crippen LogP contribution in [0.1, 0.15) is 22.3 Å². The van der Waals surface area contributed by atoms with Crippen LogP contribution in [0, 0.1) is 0 Å². The number of hydrogen-bond donors (Lipinski definition) is 2. The van der Waals surface area contributed by atoms with Crippen LogP contribution < -0.4 is 10.3 Å². The summed E-state index contributed by atoms with van der Waals surface area (Å²) in [5.74, 6) is 0. The van der Waals surface area contributed by atoms with Gasteiger partial charge in [-0.3, -0.25) is 9.80 Å². The number of hydrogen-bond acceptors (Lipinski definition) is 6. The highest BCUT2D eigenvalue weighted by Crippen LogP contribution is 2.33. The van der Waals surface area contributed by atoms with Crippen LogP contribution in [-0.4, -0.2) is 52.8 Å². The highest BCUT2D eigenvalue weighted by atomic mass is 35.5. The van der Waals surface area contributed by atoms with Gasteiger partial charge < -0.3 is 0 Å². The Balaban J connectivity index is 1.45. The second-order valence-electron chi connectivity index (χ2n) is 8.17. The molecule has 0 aliphatic carbocycles. The summed E-state index contributed by atoms with van der Waals surface area (Å²) >= 11 is 12.8. The van der Waals surface area contributed by atoms with Crippen molar-refractivity contribution in [3.8, 4) is 0 Å². The highest BCUT2D eigenvalue weighted by Gasteiger charge is 2.26. The predicted octanol–water partition coefficient (Wildman–Crippen LogP) is 1.70. The van der Waals surface area contributed by atoms with E-state index in [1.807, 2.05) is 0 Å². The van der Waals surface area contributed by atoms with Crippen molar-refractivity contribution in [2.75, 3.05) is 26.2 Å². The fraction of sp³-hybridized carbons (Fsp3) is 0.400. The third-order valence-corrected chi connectivity index (χ3v) is 9.11. The molecule has 8 nitrogen and oxygen atoms in total. The van der Waals surface area contributed by atoms with E-state index in [0.717, 1.165) is 61.3 Å². The first-order valence-electron chi connectivity index (χ1n) is 10.1. The summed E-state index contributed by atoms with van der Waals surface area (Å²) in [4.78, 5) is 4.35. The molecular formula is C20H24Cl2N4O4S2. The van der Waals surface area contributed by atoms with Crippen molar-refractivity contribution >= 4 is 43.2 Å². The predicted molar refractivity (Wildman–Crippen MR) is 124 cm³/mol. The topological polar surface area (TPSA) is 127 Å². The van der Waals surface area contributed by atoms with Gasteiger partial charge in [0, 0.05) is 39.3 Å². The maximum absolute atomic E-state index is 11.8. The van der Waals surface area contributed by atoms with E-state index in [9.17, 15) is 16.8 Å². The number of fused-ring (bicyclic) bond motifs is 2. The Morgan fingerprint density at radius 3 is 1.44 bits per heavy atom. The SMILES string of the molecule is NS(=O)(=O)c1ccc2c(c1Cl)CN(CCN1CCc3ccc(S(N)(=O)=O)c(Cl)c3C1)CC2. The summed E-state index contributed by atoms with van der Waals surface area (Å²) in [5, 5.41) is 11.0. The van der Waals surface area contributed by atoms with Crippen molar-refractivity contribution in [1.29, 1.82) is 0 Å². The molecule has 0 unspecified atom stereocenters. The molecule has 2 heterocycles. The van der Waals surface area contributed by atoms with Gasteiger partial charge in [-0.1, -0.05) is 35.3 Å². The number of halogens is 2. The van der Waals surface area contributed by atoms with Crippen molar-refractivity contribution < 1.29 is 16.8 Å². The molecule has 0 saturated carbocycles. The molecular weight excluding hydrogens is 495 g/mol. The van der Waals surface area contributed by atoms with E-state index in [0.29, 0.717) is 13.1 Å². The molecule has 174 valence electrons. The summed E-state index contributed by atoms with van der Waals surface area (Å²) in [6.45, 7) is 4.24. The monoisotopic (exact) mass is 518 g/mol. The number of primary sulfonamides is 2. The smallest absolute Gasteiger partial charge is 0.239 e. The van der Waals surface area contributed by atoms with Crippen molar-refractivity contribution in [3.63, 3.8) is 0 Å². The van der Waals surface area contributed by atoms with Crippen molar-refractivity contribution in [3.05, 3.63) is 56.6 Å². The Morgan fingerprint density at radius 1 is 0.719 bits per heavy atom. The van der Waals surface area contributed by atoms with Crippen LogP contribution in [0.25, 0.3) is 0 Å². The Bertz CT molecular complexity index is 1180. The van der Waals surface area contributed by atoms with Gasteiger partial charge in [-0.2, -0.15) is 0 Å². The van der Waals surface area contributed by atoms with Gasteiger partial charge in [0.2, 0.25) is 20.0 Å². The maximum atomic E-state index is 11.8. The van der Waals surface area contributed by atoms with Gasteiger partial charge in [-0.05, 0) is 47.2 Å². The molecule has 0 saturated heterocycles. The maximum Gasteiger partial charge on any atom is 0.239 e. The molecule has 0 amide bonds. The molecule has 2 aliphatic heterocycles. The Kier molecular flexibility index (Phi) is 6.61. The van der Waals surface area contributed by atoms with Gasteiger partial charge in [-0.15, -0.1) is 0 Å². The summed E-state index contributed by atoms with van der Waals surface area (Å²) in [5.41, 5.74) is 3.67. The summed E-state index contributed by atoms with van der Waals surface area (Å²) in [7, 11) is -7.77. The van der Waals surface area contributed by atoms with Crippen LogP contribution in [0.2, 0.25) is 10.0 Å². The Hall–Kier alpha value is -1.24. The first-order valence-corrected chi connectivity index (χ1v) is 13.9. The fourth-order valence-electron chi connectivity index (χ4n) is 4.36. The molecule has 4 rings (SSSR count). The summed E-state index contributed by atoms with van der Waals surface area (Å²) in [6.07, 6.45) is 1.54. The molecule has 0 radical (unpaired) electrons. The molecule has 2 aromatic rings. The average Bonchev–Trinajstić information content (AvgIpc) is 2.71. The molecule has 0 spiro atoms. The Morgan fingerprint density at radius 2 is 1.09 bits per heavy atom. The van der Waals surface area contributed by atoms with Gasteiger partial charge in [0.15, 0.2) is 0 Å². The van der Waals surface area contributed by atoms with E-state index in [1.165, 1.54) is 12.1 Å². The zero-order valence-corrected chi connectivity index (χ0v) is 20.4. The van der Waals surface area contributed by atoms with E-state index < -0.39 is 20.0 Å². The lowest BCUT2D eigenvalue weighted by Gasteiger charge is -2.34. The van der Waals surface area contributed by atoms with Crippen LogP contribution in [-0.2, 0) is 46.0 Å². The van der Waals surface area contributed by atoms with Crippen LogP contribution in [0.5, 0.6) is 0 Å². The van der Waals surface area contributed by atoms with E-state index in [2.05, 4.69) is 9.80 Å². The van der Waals surface area contributed by atoms with Gasteiger partial charge in [-0.25, -0.2) is 27.1 Å². The Labute approximate surface area is 198 Å². The standard InChI is InChI=1S/C20H24Cl2N4O4S2/c21-19-15-11-25(7-5-13(15)1-3-17(19)31(23,27)28)9-10-26-8-6-14-2-4-18(32(24,29)30)20(22)16(14)12-26/h1-4H,5-12H2,(H2,23,27,28)(H2,24,29,30). The molecule has 2 aliphatic rings. The van der Waals surface area contributed by atoms with Gasteiger partial charge >= 0.3 is 0 Å². The van der Waals surface area contributed by atoms with Crippen LogP contribution in [0.4, 0.5) is 0 Å². The van der Waals surface area contributed by atoms with Gasteiger partial charge in [0.1, 0.15) is 9.79 Å². The quantitative estimate of drug-likeness (QED) is 0.619. The molecule has 12 heteroatoms. The van der Waals surface area contributed by atoms with Gasteiger partial charge in [0.25, 0.3) is 0 Å². The lowest BCUT2D eigenvalue weighted by atomic mass is 9.99. The third kappa shape index (κ3) is 4.83. The van der Waals surface area contributed by atoms with Crippen LogP contribution >= 0.6 is 23.2 Å². The minimum Gasteiger partial charge on any atom is -0.297 e. The molecule has 0 fully saturated rings. The van der Waals surface area contributed by atoms with Crippen LogP contribution in [0.15, 0.2) is 34.1 Å². The summed E-state index contributed by atoms with van der Waals surface area (Å²) in [6, 6.07) is 6.50. The minimum absolute atomic E-state index is 0.0484. The number of nitrogens with two attached hydrogens (primary N) is 2. The molecule has 32 heavy (non-hydrogen) atoms. The van der Waals surface area contributed by atoms with E-state index in [-0.39, 0.29) is 19.8 Å². The van der Waals surface area contributed by atoms with Crippen LogP contribution in [0.3, 0.4) is 0 Å². The highest BCUT2D eigenvalue weighted by molar-refractivity contribution is 7.89. The first-order chi connectivity index (χ1) is 14.9. The average molecular weight is 519 g/mol. The minimum atomic E-state index is -3.88. The van der Waals surface area contributed by atoms with E-state index in [1.54, 1.807) is 12.1 Å². The molecule has 2 aromatic carbocycles. The molecule has 0 aromatic heterocycles. The van der Waals surface area contributed by atoms with Crippen molar-refractivity contribution in [2.45, 2.75) is 35.7 Å². The first kappa shape index (κ1) is 23.9.